The second-order valence-corrected chi connectivity index (χ2v) is 5.32. The van der Waals surface area contributed by atoms with Crippen LogP contribution in [-0.2, 0) is 0 Å². The van der Waals surface area contributed by atoms with E-state index in [0.717, 1.165) is 17.4 Å². The average Bonchev–Trinajstić information content (AvgIpc) is 2.29. The van der Waals surface area contributed by atoms with E-state index in [2.05, 4.69) is 31.3 Å². The first-order valence-corrected chi connectivity index (χ1v) is 6.60. The largest absolute Gasteiger partial charge is 0.495 e. The Labute approximate surface area is 104 Å². The molecule has 17 heavy (non-hydrogen) atoms. The van der Waals surface area contributed by atoms with E-state index in [4.69, 9.17) is 4.74 Å². The summed E-state index contributed by atoms with van der Waals surface area (Å²) < 4.78 is 5.41. The average molecular weight is 233 g/mol. The third kappa shape index (κ3) is 3.15. The number of hydrogen-bond donors (Lipinski definition) is 1. The molecule has 2 heteroatoms. The summed E-state index contributed by atoms with van der Waals surface area (Å²) in [5.41, 5.74) is 2.42. The van der Waals surface area contributed by atoms with Crippen LogP contribution in [0.3, 0.4) is 0 Å². The lowest BCUT2D eigenvalue weighted by Crippen LogP contribution is -2.26. The van der Waals surface area contributed by atoms with Gasteiger partial charge in [0.15, 0.2) is 0 Å². The number of hydrogen-bond acceptors (Lipinski definition) is 2. The zero-order chi connectivity index (χ0) is 12.3. The molecule has 2 rings (SSSR count). The standard InChI is InChI=1S/C15H23NO/c1-11-5-4-6-13(9-11)16-14-10-12(2)7-8-15(14)17-3/h7-8,10-11,13,16H,4-6,9H2,1-3H3/t11-,13-/m1/s1. The van der Waals surface area contributed by atoms with Gasteiger partial charge in [0.2, 0.25) is 0 Å². The van der Waals surface area contributed by atoms with Crippen LogP contribution in [0, 0.1) is 12.8 Å². The first-order valence-electron chi connectivity index (χ1n) is 6.60. The molecule has 1 N–H and O–H groups in total. The van der Waals surface area contributed by atoms with Crippen molar-refractivity contribution >= 4 is 5.69 Å². The van der Waals surface area contributed by atoms with Crippen molar-refractivity contribution in [3.05, 3.63) is 23.8 Å². The molecule has 0 heterocycles. The molecule has 1 aromatic carbocycles. The summed E-state index contributed by atoms with van der Waals surface area (Å²) >= 11 is 0. The Morgan fingerprint density at radius 2 is 2.12 bits per heavy atom. The van der Waals surface area contributed by atoms with E-state index < -0.39 is 0 Å². The molecular weight excluding hydrogens is 210 g/mol. The Bertz CT molecular complexity index is 375. The smallest absolute Gasteiger partial charge is 0.141 e. The van der Waals surface area contributed by atoms with Crippen LogP contribution in [0.5, 0.6) is 5.75 Å². The SMILES string of the molecule is COc1ccc(C)cc1N[C@@H]1CCC[C@@H](C)C1. The first kappa shape index (κ1) is 12.3. The number of anilines is 1. The number of nitrogens with one attached hydrogen (secondary N) is 1. The number of rotatable bonds is 3. The summed E-state index contributed by atoms with van der Waals surface area (Å²) in [6, 6.07) is 6.92. The Morgan fingerprint density at radius 3 is 2.82 bits per heavy atom. The van der Waals surface area contributed by atoms with Crippen LogP contribution < -0.4 is 10.1 Å². The second-order valence-electron chi connectivity index (χ2n) is 5.32. The van der Waals surface area contributed by atoms with E-state index in [-0.39, 0.29) is 0 Å². The molecule has 0 unspecified atom stereocenters. The van der Waals surface area contributed by atoms with Gasteiger partial charge in [-0.25, -0.2) is 0 Å². The van der Waals surface area contributed by atoms with E-state index in [1.165, 1.54) is 31.2 Å². The van der Waals surface area contributed by atoms with Crippen LogP contribution >= 0.6 is 0 Å². The maximum absolute atomic E-state index is 5.41. The Balaban J connectivity index is 2.08. The van der Waals surface area contributed by atoms with Gasteiger partial charge >= 0.3 is 0 Å². The van der Waals surface area contributed by atoms with Crippen LogP contribution in [0.4, 0.5) is 5.69 Å². The van der Waals surface area contributed by atoms with Gasteiger partial charge in [-0.15, -0.1) is 0 Å². The molecule has 1 saturated carbocycles. The number of methoxy groups -OCH3 is 1. The molecule has 0 saturated heterocycles. The Hall–Kier alpha value is -1.18. The molecule has 1 aliphatic carbocycles. The highest BCUT2D eigenvalue weighted by atomic mass is 16.5. The Morgan fingerprint density at radius 1 is 1.29 bits per heavy atom. The third-order valence-corrected chi connectivity index (χ3v) is 3.65. The van der Waals surface area contributed by atoms with Gasteiger partial charge < -0.3 is 10.1 Å². The van der Waals surface area contributed by atoms with E-state index in [9.17, 15) is 0 Å². The van der Waals surface area contributed by atoms with Crippen molar-refractivity contribution in [2.75, 3.05) is 12.4 Å². The van der Waals surface area contributed by atoms with Crippen molar-refractivity contribution in [2.24, 2.45) is 5.92 Å². The lowest BCUT2D eigenvalue weighted by atomic mass is 9.87. The fourth-order valence-corrected chi connectivity index (χ4v) is 2.72. The fourth-order valence-electron chi connectivity index (χ4n) is 2.72. The van der Waals surface area contributed by atoms with E-state index in [0.29, 0.717) is 6.04 Å². The van der Waals surface area contributed by atoms with Gasteiger partial charge in [0, 0.05) is 6.04 Å². The minimum atomic E-state index is 0.606. The normalized spacial score (nSPS) is 24.4. The van der Waals surface area contributed by atoms with Crippen LogP contribution in [0.25, 0.3) is 0 Å². The molecule has 1 fully saturated rings. The minimum absolute atomic E-state index is 0.606. The number of benzene rings is 1. The molecule has 94 valence electrons. The molecule has 0 radical (unpaired) electrons. The van der Waals surface area contributed by atoms with E-state index in [1.807, 2.05) is 6.07 Å². The van der Waals surface area contributed by atoms with Crippen molar-refractivity contribution in [3.63, 3.8) is 0 Å². The van der Waals surface area contributed by atoms with Gasteiger partial charge in [-0.3, -0.25) is 0 Å². The summed E-state index contributed by atoms with van der Waals surface area (Å²) in [5, 5.41) is 3.65. The molecule has 0 spiro atoms. The van der Waals surface area contributed by atoms with Crippen LogP contribution in [-0.4, -0.2) is 13.2 Å². The van der Waals surface area contributed by atoms with Crippen molar-refractivity contribution in [1.82, 2.24) is 0 Å². The van der Waals surface area contributed by atoms with Crippen LogP contribution in [0.2, 0.25) is 0 Å². The summed E-state index contributed by atoms with van der Waals surface area (Å²) in [4.78, 5) is 0. The highest BCUT2D eigenvalue weighted by Gasteiger charge is 2.19. The molecule has 0 aromatic heterocycles. The monoisotopic (exact) mass is 233 g/mol. The highest BCUT2D eigenvalue weighted by molar-refractivity contribution is 5.58. The fraction of sp³-hybridized carbons (Fsp3) is 0.600. The van der Waals surface area contributed by atoms with Gasteiger partial charge in [0.1, 0.15) is 5.75 Å². The van der Waals surface area contributed by atoms with Gasteiger partial charge in [0.05, 0.1) is 12.8 Å². The van der Waals surface area contributed by atoms with Crippen molar-refractivity contribution in [2.45, 2.75) is 45.6 Å². The van der Waals surface area contributed by atoms with Crippen LogP contribution in [0.15, 0.2) is 18.2 Å². The predicted molar refractivity (Wildman–Crippen MR) is 72.8 cm³/mol. The number of ether oxygens (including phenoxy) is 1. The van der Waals surface area contributed by atoms with Crippen molar-refractivity contribution in [1.29, 1.82) is 0 Å². The third-order valence-electron chi connectivity index (χ3n) is 3.65. The molecule has 1 aromatic rings. The van der Waals surface area contributed by atoms with Gasteiger partial charge in [-0.1, -0.05) is 25.8 Å². The second kappa shape index (κ2) is 5.44. The van der Waals surface area contributed by atoms with Crippen molar-refractivity contribution in [3.8, 4) is 5.75 Å². The molecule has 0 aliphatic heterocycles. The molecule has 2 nitrogen and oxygen atoms in total. The Kier molecular flexibility index (Phi) is 3.93. The molecule has 0 bridgehead atoms. The predicted octanol–water partition coefficient (Wildman–Crippen LogP) is 3.99. The summed E-state index contributed by atoms with van der Waals surface area (Å²) in [5.74, 6) is 1.80. The first-order chi connectivity index (χ1) is 8.19. The van der Waals surface area contributed by atoms with Gasteiger partial charge in [-0.2, -0.15) is 0 Å². The van der Waals surface area contributed by atoms with Crippen LogP contribution in [0.1, 0.15) is 38.2 Å². The summed E-state index contributed by atoms with van der Waals surface area (Å²) in [6.45, 7) is 4.47. The maximum Gasteiger partial charge on any atom is 0.141 e. The summed E-state index contributed by atoms with van der Waals surface area (Å²) in [6.07, 6.45) is 5.27. The molecule has 0 amide bonds. The zero-order valence-corrected chi connectivity index (χ0v) is 11.1. The lowest BCUT2D eigenvalue weighted by molar-refractivity contribution is 0.357. The minimum Gasteiger partial charge on any atom is -0.495 e. The number of aryl methyl sites for hydroxylation is 1. The quantitative estimate of drug-likeness (QED) is 0.852. The lowest BCUT2D eigenvalue weighted by Gasteiger charge is -2.29. The van der Waals surface area contributed by atoms with E-state index in [1.54, 1.807) is 7.11 Å². The topological polar surface area (TPSA) is 21.3 Å². The highest BCUT2D eigenvalue weighted by Crippen LogP contribution is 2.30. The molecule has 2 atom stereocenters. The zero-order valence-electron chi connectivity index (χ0n) is 11.1. The molecular formula is C15H23NO. The van der Waals surface area contributed by atoms with Gasteiger partial charge in [0.25, 0.3) is 0 Å². The molecule has 1 aliphatic rings. The van der Waals surface area contributed by atoms with E-state index >= 15 is 0 Å². The van der Waals surface area contributed by atoms with Crippen molar-refractivity contribution < 1.29 is 4.74 Å². The maximum atomic E-state index is 5.41. The van der Waals surface area contributed by atoms with Gasteiger partial charge in [-0.05, 0) is 43.4 Å². The summed E-state index contributed by atoms with van der Waals surface area (Å²) in [7, 11) is 1.74.